The van der Waals surface area contributed by atoms with Gasteiger partial charge >= 0.3 is 56.1 Å². The van der Waals surface area contributed by atoms with Gasteiger partial charge in [0.1, 0.15) is 0 Å². The van der Waals surface area contributed by atoms with Crippen molar-refractivity contribution in [3.63, 3.8) is 0 Å². The Morgan fingerprint density at radius 1 is 1.12 bits per heavy atom. The van der Waals surface area contributed by atoms with Gasteiger partial charge in [0.05, 0.1) is 0 Å². The van der Waals surface area contributed by atoms with Gasteiger partial charge < -0.3 is 0 Å². The topological polar surface area (TPSA) is 0 Å². The van der Waals surface area contributed by atoms with Gasteiger partial charge in [-0.15, -0.1) is 0 Å². The van der Waals surface area contributed by atoms with E-state index in [1.807, 2.05) is 0 Å². The third kappa shape index (κ3) is 1.38. The van der Waals surface area contributed by atoms with Crippen LogP contribution >= 0.6 is 0 Å². The Kier molecular flexibility index (Phi) is 2.17. The average molecular weight is 168 g/mol. The molecule has 0 amide bonds. The monoisotopic (exact) mass is 168 g/mol. The van der Waals surface area contributed by atoms with E-state index < -0.39 is 0 Å². The van der Waals surface area contributed by atoms with Crippen molar-refractivity contribution >= 4 is 20.1 Å². The third-order valence-electron chi connectivity index (χ3n) is 1.06. The van der Waals surface area contributed by atoms with E-state index in [-0.39, 0.29) is 15.8 Å². The molecule has 1 atom stereocenters. The first kappa shape index (κ1) is 5.91. The fourth-order valence-electron chi connectivity index (χ4n) is 0.605. The molecule has 8 heavy (non-hydrogen) atoms. The van der Waals surface area contributed by atoms with E-state index in [1.165, 1.54) is 4.35 Å². The number of hydrogen-bond donors (Lipinski definition) is 0. The summed E-state index contributed by atoms with van der Waals surface area (Å²) in [5.41, 5.74) is 2.29. The Balaban J connectivity index is 2.83. The summed E-state index contributed by atoms with van der Waals surface area (Å²) in [6.45, 7) is 0. The maximum absolute atomic E-state index is 2.29. The molecule has 42 valence electrons. The number of benzene rings is 1. The normalized spacial score (nSPS) is 10.6. The van der Waals surface area contributed by atoms with Crippen molar-refractivity contribution < 1.29 is 0 Å². The predicted octanol–water partition coefficient (Wildman–Crippen LogP) is 0.796. The SMILES string of the molecule is C[AsH]c1ccccc1. The zero-order valence-corrected chi connectivity index (χ0v) is 6.98. The first-order valence-corrected chi connectivity index (χ1v) is 5.81. The summed E-state index contributed by atoms with van der Waals surface area (Å²) >= 11 is 0.196. The summed E-state index contributed by atoms with van der Waals surface area (Å²) in [5.74, 6) is 0. The Hall–Kier alpha value is -0.222. The Morgan fingerprint density at radius 2 is 1.75 bits per heavy atom. The number of rotatable bonds is 1. The van der Waals surface area contributed by atoms with Crippen LogP contribution in [-0.2, 0) is 0 Å². The van der Waals surface area contributed by atoms with Crippen LogP contribution in [0.2, 0.25) is 5.71 Å². The summed E-state index contributed by atoms with van der Waals surface area (Å²) in [7, 11) is 0. The summed E-state index contributed by atoms with van der Waals surface area (Å²) in [6, 6.07) is 10.6. The van der Waals surface area contributed by atoms with E-state index in [1.54, 1.807) is 0 Å². The molecule has 0 aliphatic heterocycles. The van der Waals surface area contributed by atoms with Gasteiger partial charge in [0.15, 0.2) is 0 Å². The van der Waals surface area contributed by atoms with Crippen molar-refractivity contribution in [2.75, 3.05) is 0 Å². The van der Waals surface area contributed by atoms with E-state index in [4.69, 9.17) is 0 Å². The van der Waals surface area contributed by atoms with Crippen molar-refractivity contribution in [3.8, 4) is 0 Å². The van der Waals surface area contributed by atoms with Crippen molar-refractivity contribution in [2.45, 2.75) is 5.71 Å². The second-order valence-electron chi connectivity index (χ2n) is 1.62. The second-order valence-corrected chi connectivity index (χ2v) is 3.88. The van der Waals surface area contributed by atoms with Crippen LogP contribution in [0.5, 0.6) is 0 Å². The first-order valence-electron chi connectivity index (χ1n) is 2.66. The molecule has 1 aromatic carbocycles. The zero-order chi connectivity index (χ0) is 5.82. The molecule has 0 aromatic heterocycles. The summed E-state index contributed by atoms with van der Waals surface area (Å²) < 4.78 is 1.53. The van der Waals surface area contributed by atoms with Gasteiger partial charge in [0.25, 0.3) is 0 Å². The van der Waals surface area contributed by atoms with Crippen LogP contribution < -0.4 is 4.35 Å². The standard InChI is InChI=1S/C7H9As/c1-8-7-5-3-2-4-6-7/h2-6,8H,1H3. The van der Waals surface area contributed by atoms with Gasteiger partial charge in [-0.3, -0.25) is 0 Å². The van der Waals surface area contributed by atoms with E-state index in [9.17, 15) is 0 Å². The summed E-state index contributed by atoms with van der Waals surface area (Å²) in [5, 5.41) is 0. The van der Waals surface area contributed by atoms with E-state index in [2.05, 4.69) is 36.0 Å². The molecule has 0 spiro atoms. The molecule has 1 aromatic rings. The molecule has 1 unspecified atom stereocenters. The molecule has 0 aliphatic rings. The summed E-state index contributed by atoms with van der Waals surface area (Å²) in [6.07, 6.45) is 0. The fraction of sp³-hybridized carbons (Fsp3) is 0.143. The van der Waals surface area contributed by atoms with Gasteiger partial charge in [-0.2, -0.15) is 0 Å². The molecule has 0 saturated heterocycles. The van der Waals surface area contributed by atoms with Gasteiger partial charge in [-0.05, 0) is 0 Å². The van der Waals surface area contributed by atoms with E-state index >= 15 is 0 Å². The van der Waals surface area contributed by atoms with E-state index in [0.29, 0.717) is 0 Å². The molecule has 1 rings (SSSR count). The van der Waals surface area contributed by atoms with Crippen molar-refractivity contribution in [1.82, 2.24) is 0 Å². The van der Waals surface area contributed by atoms with Gasteiger partial charge in [0.2, 0.25) is 0 Å². The quantitative estimate of drug-likeness (QED) is 0.544. The molecule has 1 heteroatoms. The molecule has 0 nitrogen and oxygen atoms in total. The van der Waals surface area contributed by atoms with Crippen molar-refractivity contribution in [1.29, 1.82) is 0 Å². The molecule has 0 fully saturated rings. The average Bonchev–Trinajstić information content (AvgIpc) is 1.90. The van der Waals surface area contributed by atoms with Crippen LogP contribution in [-0.4, -0.2) is 15.8 Å². The van der Waals surface area contributed by atoms with Crippen LogP contribution in [0.1, 0.15) is 0 Å². The predicted molar refractivity (Wildman–Crippen MR) is 39.1 cm³/mol. The van der Waals surface area contributed by atoms with Gasteiger partial charge in [0, 0.05) is 0 Å². The Labute approximate surface area is 56.6 Å². The van der Waals surface area contributed by atoms with Gasteiger partial charge in [-0.25, -0.2) is 0 Å². The third-order valence-corrected chi connectivity index (χ3v) is 2.97. The Bertz CT molecular complexity index is 146. The molecular weight excluding hydrogens is 159 g/mol. The molecular formula is C7H9As. The van der Waals surface area contributed by atoms with Crippen LogP contribution in [0, 0.1) is 0 Å². The van der Waals surface area contributed by atoms with Crippen LogP contribution in [0.15, 0.2) is 30.3 Å². The molecule has 0 saturated carbocycles. The van der Waals surface area contributed by atoms with Crippen LogP contribution in [0.3, 0.4) is 0 Å². The minimum atomic E-state index is 0.196. The second kappa shape index (κ2) is 2.94. The molecule has 0 bridgehead atoms. The Morgan fingerprint density at radius 3 is 2.12 bits per heavy atom. The zero-order valence-electron chi connectivity index (χ0n) is 4.89. The molecule has 0 heterocycles. The minimum absolute atomic E-state index is 0.196. The van der Waals surface area contributed by atoms with Crippen molar-refractivity contribution in [3.05, 3.63) is 30.3 Å². The maximum atomic E-state index is 2.29. The van der Waals surface area contributed by atoms with Crippen LogP contribution in [0.25, 0.3) is 0 Å². The molecule has 0 N–H and O–H groups in total. The summed E-state index contributed by atoms with van der Waals surface area (Å²) in [4.78, 5) is 0. The fourth-order valence-corrected chi connectivity index (χ4v) is 1.71. The first-order chi connectivity index (χ1) is 3.93. The molecule has 0 radical (unpaired) electrons. The van der Waals surface area contributed by atoms with E-state index in [0.717, 1.165) is 0 Å². The van der Waals surface area contributed by atoms with Gasteiger partial charge in [-0.1, -0.05) is 0 Å². The van der Waals surface area contributed by atoms with Crippen LogP contribution in [0.4, 0.5) is 0 Å². The molecule has 0 aliphatic carbocycles. The van der Waals surface area contributed by atoms with Crippen molar-refractivity contribution in [2.24, 2.45) is 0 Å². The number of hydrogen-bond acceptors (Lipinski definition) is 0.